The van der Waals surface area contributed by atoms with Crippen LogP contribution in [-0.2, 0) is 4.74 Å². The number of halogens is 1. The van der Waals surface area contributed by atoms with Crippen molar-refractivity contribution in [3.8, 4) is 10.4 Å². The second-order valence-corrected chi connectivity index (χ2v) is 8.97. The Hall–Kier alpha value is -2.61. The molecule has 5 nitrogen and oxygen atoms in total. The molecule has 31 heavy (non-hydrogen) atoms. The number of rotatable bonds is 4. The SMILES string of the molecule is COC(=O)c1cc(-c2ccccc2)sc1NC(=S)N1CCN(c2cccc(Cl)c2)CC1. The maximum atomic E-state index is 12.3. The third kappa shape index (κ3) is 5.01. The third-order valence-electron chi connectivity index (χ3n) is 5.16. The van der Waals surface area contributed by atoms with Crippen LogP contribution in [0.3, 0.4) is 0 Å². The van der Waals surface area contributed by atoms with Gasteiger partial charge in [0.1, 0.15) is 5.00 Å². The van der Waals surface area contributed by atoms with Crippen LogP contribution >= 0.6 is 35.2 Å². The largest absolute Gasteiger partial charge is 0.465 e. The van der Waals surface area contributed by atoms with Crippen molar-refractivity contribution < 1.29 is 9.53 Å². The van der Waals surface area contributed by atoms with E-state index in [-0.39, 0.29) is 5.97 Å². The van der Waals surface area contributed by atoms with E-state index in [4.69, 9.17) is 28.6 Å². The molecule has 0 radical (unpaired) electrons. The Morgan fingerprint density at radius 2 is 1.81 bits per heavy atom. The summed E-state index contributed by atoms with van der Waals surface area (Å²) in [5, 5.41) is 5.33. The summed E-state index contributed by atoms with van der Waals surface area (Å²) < 4.78 is 4.98. The molecule has 0 spiro atoms. The van der Waals surface area contributed by atoms with Gasteiger partial charge in [0.15, 0.2) is 5.11 Å². The molecule has 1 aromatic heterocycles. The van der Waals surface area contributed by atoms with Crippen molar-refractivity contribution in [1.29, 1.82) is 0 Å². The highest BCUT2D eigenvalue weighted by Gasteiger charge is 2.23. The predicted octanol–water partition coefficient (Wildman–Crippen LogP) is 5.37. The summed E-state index contributed by atoms with van der Waals surface area (Å²) in [5.74, 6) is -0.380. The molecule has 2 aromatic carbocycles. The molecule has 8 heteroatoms. The van der Waals surface area contributed by atoms with E-state index in [2.05, 4.69) is 21.2 Å². The minimum Gasteiger partial charge on any atom is -0.465 e. The van der Waals surface area contributed by atoms with Gasteiger partial charge in [0, 0.05) is 41.8 Å². The topological polar surface area (TPSA) is 44.8 Å². The van der Waals surface area contributed by atoms with Crippen LogP contribution in [0, 0.1) is 0 Å². The molecule has 1 aliphatic heterocycles. The number of anilines is 2. The molecular formula is C23H22ClN3O2S2. The number of methoxy groups -OCH3 is 1. The van der Waals surface area contributed by atoms with Crippen molar-refractivity contribution in [3.05, 3.63) is 71.2 Å². The smallest absolute Gasteiger partial charge is 0.340 e. The second-order valence-electron chi connectivity index (χ2n) is 7.10. The lowest BCUT2D eigenvalue weighted by molar-refractivity contribution is 0.0602. The van der Waals surface area contributed by atoms with Crippen LogP contribution in [0.4, 0.5) is 10.7 Å². The van der Waals surface area contributed by atoms with Crippen LogP contribution in [0.1, 0.15) is 10.4 Å². The van der Waals surface area contributed by atoms with Crippen molar-refractivity contribution >= 4 is 56.9 Å². The zero-order chi connectivity index (χ0) is 21.8. The van der Waals surface area contributed by atoms with Gasteiger partial charge in [0.05, 0.1) is 12.7 Å². The normalized spacial score (nSPS) is 13.7. The molecule has 0 atom stereocenters. The average molecular weight is 472 g/mol. The van der Waals surface area contributed by atoms with Gasteiger partial charge >= 0.3 is 5.97 Å². The fourth-order valence-corrected chi connectivity index (χ4v) is 5.09. The maximum absolute atomic E-state index is 12.3. The van der Waals surface area contributed by atoms with Gasteiger partial charge in [-0.2, -0.15) is 0 Å². The van der Waals surface area contributed by atoms with E-state index in [1.807, 2.05) is 54.6 Å². The number of thiophene rings is 1. The highest BCUT2D eigenvalue weighted by molar-refractivity contribution is 7.80. The highest BCUT2D eigenvalue weighted by atomic mass is 35.5. The maximum Gasteiger partial charge on any atom is 0.340 e. The first-order valence-electron chi connectivity index (χ1n) is 9.89. The van der Waals surface area contributed by atoms with Gasteiger partial charge in [0.2, 0.25) is 0 Å². The zero-order valence-corrected chi connectivity index (χ0v) is 19.4. The molecular weight excluding hydrogens is 450 g/mol. The van der Waals surface area contributed by atoms with Crippen molar-refractivity contribution in [2.75, 3.05) is 43.5 Å². The number of hydrogen-bond donors (Lipinski definition) is 1. The van der Waals surface area contributed by atoms with Gasteiger partial charge in [-0.05, 0) is 42.0 Å². The van der Waals surface area contributed by atoms with E-state index >= 15 is 0 Å². The second kappa shape index (κ2) is 9.68. The summed E-state index contributed by atoms with van der Waals surface area (Å²) in [4.78, 5) is 17.7. The Balaban J connectivity index is 1.46. The van der Waals surface area contributed by atoms with Crippen LogP contribution in [0.5, 0.6) is 0 Å². The lowest BCUT2D eigenvalue weighted by atomic mass is 10.1. The van der Waals surface area contributed by atoms with Crippen molar-refractivity contribution in [1.82, 2.24) is 4.90 Å². The van der Waals surface area contributed by atoms with Gasteiger partial charge in [-0.3, -0.25) is 0 Å². The van der Waals surface area contributed by atoms with E-state index in [0.717, 1.165) is 47.3 Å². The Morgan fingerprint density at radius 3 is 2.48 bits per heavy atom. The van der Waals surface area contributed by atoms with E-state index in [1.165, 1.54) is 18.4 Å². The van der Waals surface area contributed by atoms with Crippen LogP contribution in [-0.4, -0.2) is 49.3 Å². The lowest BCUT2D eigenvalue weighted by Gasteiger charge is -2.37. The first-order valence-corrected chi connectivity index (χ1v) is 11.5. The summed E-state index contributed by atoms with van der Waals surface area (Å²) in [5.41, 5.74) is 2.66. The summed E-state index contributed by atoms with van der Waals surface area (Å²) in [6.07, 6.45) is 0. The lowest BCUT2D eigenvalue weighted by Crippen LogP contribution is -2.50. The van der Waals surface area contributed by atoms with Crippen molar-refractivity contribution in [3.63, 3.8) is 0 Å². The molecule has 3 aromatic rings. The number of ether oxygens (including phenoxy) is 1. The van der Waals surface area contributed by atoms with Gasteiger partial charge in [-0.15, -0.1) is 11.3 Å². The van der Waals surface area contributed by atoms with E-state index < -0.39 is 0 Å². The minimum absolute atomic E-state index is 0.380. The quantitative estimate of drug-likeness (QED) is 0.407. The number of carbonyl (C=O) groups is 1. The minimum atomic E-state index is -0.380. The Labute approximate surface area is 196 Å². The summed E-state index contributed by atoms with van der Waals surface area (Å²) in [6, 6.07) is 19.7. The Bertz CT molecular complexity index is 1080. The van der Waals surface area contributed by atoms with Crippen LogP contribution in [0.2, 0.25) is 5.02 Å². The van der Waals surface area contributed by atoms with Crippen molar-refractivity contribution in [2.45, 2.75) is 0 Å². The predicted molar refractivity (Wildman–Crippen MR) is 133 cm³/mol. The molecule has 0 aliphatic carbocycles. The molecule has 1 N–H and O–H groups in total. The molecule has 0 unspecified atom stereocenters. The summed E-state index contributed by atoms with van der Waals surface area (Å²) in [6.45, 7) is 3.24. The van der Waals surface area contributed by atoms with Gasteiger partial charge in [0.25, 0.3) is 0 Å². The Morgan fingerprint density at radius 1 is 1.06 bits per heavy atom. The molecule has 1 aliphatic rings. The van der Waals surface area contributed by atoms with Gasteiger partial charge in [-0.1, -0.05) is 48.0 Å². The molecule has 160 valence electrons. The number of thiocarbonyl (C=S) groups is 1. The van der Waals surface area contributed by atoms with Crippen molar-refractivity contribution in [2.24, 2.45) is 0 Å². The van der Waals surface area contributed by atoms with E-state index in [1.54, 1.807) is 0 Å². The highest BCUT2D eigenvalue weighted by Crippen LogP contribution is 2.36. The molecule has 1 fully saturated rings. The third-order valence-corrected chi connectivity index (χ3v) is 6.85. The number of hydrogen-bond acceptors (Lipinski definition) is 5. The molecule has 0 amide bonds. The van der Waals surface area contributed by atoms with Crippen LogP contribution in [0.15, 0.2) is 60.7 Å². The van der Waals surface area contributed by atoms with Crippen LogP contribution < -0.4 is 10.2 Å². The molecule has 0 saturated carbocycles. The van der Waals surface area contributed by atoms with Crippen LogP contribution in [0.25, 0.3) is 10.4 Å². The molecule has 2 heterocycles. The standard InChI is InChI=1S/C23H22ClN3O2S2/c1-29-22(28)19-15-20(16-6-3-2-4-7-16)31-21(19)25-23(30)27-12-10-26(11-13-27)18-9-5-8-17(24)14-18/h2-9,14-15H,10-13H2,1H3,(H,25,30). The Kier molecular flexibility index (Phi) is 6.75. The van der Waals surface area contributed by atoms with Gasteiger partial charge in [-0.25, -0.2) is 4.79 Å². The number of benzene rings is 2. The monoisotopic (exact) mass is 471 g/mol. The first kappa shape index (κ1) is 21.6. The first-order chi connectivity index (χ1) is 15.0. The fourth-order valence-electron chi connectivity index (χ4n) is 3.51. The van der Waals surface area contributed by atoms with E-state index in [0.29, 0.717) is 15.7 Å². The average Bonchev–Trinajstić information content (AvgIpc) is 3.23. The summed E-state index contributed by atoms with van der Waals surface area (Å²) in [7, 11) is 1.39. The number of nitrogens with zero attached hydrogens (tertiary/aromatic N) is 2. The number of esters is 1. The number of carbonyl (C=O) groups excluding carboxylic acids is 1. The van der Waals surface area contributed by atoms with Gasteiger partial charge < -0.3 is 19.9 Å². The fraction of sp³-hybridized carbons (Fsp3) is 0.217. The number of piperazine rings is 1. The molecule has 1 saturated heterocycles. The van der Waals surface area contributed by atoms with E-state index in [9.17, 15) is 4.79 Å². The molecule has 4 rings (SSSR count). The number of nitrogens with one attached hydrogen (secondary N) is 1. The molecule has 0 bridgehead atoms. The summed E-state index contributed by atoms with van der Waals surface area (Å²) >= 11 is 13.3. The zero-order valence-electron chi connectivity index (χ0n) is 17.0.